The highest BCUT2D eigenvalue weighted by Gasteiger charge is 2.26. The van der Waals surface area contributed by atoms with Gasteiger partial charge in [-0.05, 0) is 25.0 Å². The van der Waals surface area contributed by atoms with Gasteiger partial charge in [0.05, 0.1) is 17.3 Å². The van der Waals surface area contributed by atoms with Crippen molar-refractivity contribution in [2.75, 3.05) is 6.61 Å². The normalized spacial score (nSPS) is 19.6. The van der Waals surface area contributed by atoms with Crippen LogP contribution in [0.25, 0.3) is 0 Å². The third kappa shape index (κ3) is 2.65. The summed E-state index contributed by atoms with van der Waals surface area (Å²) in [6.45, 7) is 2.79. The van der Waals surface area contributed by atoms with Crippen molar-refractivity contribution in [3.8, 4) is 5.75 Å². The van der Waals surface area contributed by atoms with Crippen molar-refractivity contribution in [2.24, 2.45) is 5.73 Å². The van der Waals surface area contributed by atoms with Crippen LogP contribution in [-0.2, 0) is 6.42 Å². The Labute approximate surface area is 117 Å². The highest BCUT2D eigenvalue weighted by molar-refractivity contribution is 7.09. The van der Waals surface area contributed by atoms with E-state index in [1.165, 1.54) is 5.56 Å². The van der Waals surface area contributed by atoms with Gasteiger partial charge in [0.15, 0.2) is 0 Å². The summed E-state index contributed by atoms with van der Waals surface area (Å²) >= 11 is 1.69. The van der Waals surface area contributed by atoms with Gasteiger partial charge in [-0.15, -0.1) is 11.3 Å². The first-order valence-corrected chi connectivity index (χ1v) is 7.50. The first-order valence-electron chi connectivity index (χ1n) is 6.62. The maximum absolute atomic E-state index is 6.41. The van der Waals surface area contributed by atoms with E-state index in [4.69, 9.17) is 10.5 Å². The molecule has 0 saturated carbocycles. The lowest BCUT2D eigenvalue weighted by molar-refractivity contribution is 0.254. The summed E-state index contributed by atoms with van der Waals surface area (Å²) in [4.78, 5) is 4.51. The van der Waals surface area contributed by atoms with Crippen molar-refractivity contribution in [1.82, 2.24) is 4.98 Å². The van der Waals surface area contributed by atoms with E-state index in [9.17, 15) is 0 Å². The monoisotopic (exact) mass is 274 g/mol. The van der Waals surface area contributed by atoms with Gasteiger partial charge in [0, 0.05) is 23.8 Å². The molecular weight excluding hydrogens is 256 g/mol. The van der Waals surface area contributed by atoms with Gasteiger partial charge in [-0.3, -0.25) is 0 Å². The van der Waals surface area contributed by atoms with E-state index in [-0.39, 0.29) is 6.04 Å². The SMILES string of the molecule is Cc1nc(CC(N)C2CCOc3ccccc32)cs1. The predicted molar refractivity (Wildman–Crippen MR) is 77.8 cm³/mol. The van der Waals surface area contributed by atoms with E-state index in [2.05, 4.69) is 22.5 Å². The Morgan fingerprint density at radius 2 is 2.32 bits per heavy atom. The number of hydrogen-bond donors (Lipinski definition) is 1. The van der Waals surface area contributed by atoms with Crippen molar-refractivity contribution in [3.05, 3.63) is 45.9 Å². The Balaban J connectivity index is 1.79. The molecule has 2 N–H and O–H groups in total. The Kier molecular flexibility index (Phi) is 3.53. The second kappa shape index (κ2) is 5.31. The lowest BCUT2D eigenvalue weighted by Gasteiger charge is -2.30. The van der Waals surface area contributed by atoms with E-state index in [0.717, 1.165) is 35.9 Å². The zero-order valence-corrected chi connectivity index (χ0v) is 11.8. The lowest BCUT2D eigenvalue weighted by atomic mass is 9.85. The lowest BCUT2D eigenvalue weighted by Crippen LogP contribution is -2.34. The van der Waals surface area contributed by atoms with Crippen LogP contribution in [-0.4, -0.2) is 17.6 Å². The molecule has 3 nitrogen and oxygen atoms in total. The first-order chi connectivity index (χ1) is 9.24. The van der Waals surface area contributed by atoms with Gasteiger partial charge in [0.25, 0.3) is 0 Å². The summed E-state index contributed by atoms with van der Waals surface area (Å²) in [7, 11) is 0. The number of rotatable bonds is 3. The number of benzene rings is 1. The molecule has 3 rings (SSSR count). The minimum Gasteiger partial charge on any atom is -0.493 e. The highest BCUT2D eigenvalue weighted by Crippen LogP contribution is 2.35. The molecule has 1 aliphatic heterocycles. The summed E-state index contributed by atoms with van der Waals surface area (Å²) in [6.07, 6.45) is 1.82. The van der Waals surface area contributed by atoms with E-state index in [1.54, 1.807) is 11.3 Å². The molecule has 4 heteroatoms. The summed E-state index contributed by atoms with van der Waals surface area (Å²) in [5, 5.41) is 3.22. The zero-order valence-electron chi connectivity index (χ0n) is 11.0. The number of fused-ring (bicyclic) bond motifs is 1. The van der Waals surface area contributed by atoms with Crippen molar-refractivity contribution in [1.29, 1.82) is 0 Å². The Bertz CT molecular complexity index is 567. The van der Waals surface area contributed by atoms with Crippen LogP contribution in [0, 0.1) is 6.92 Å². The van der Waals surface area contributed by atoms with Crippen LogP contribution in [0.4, 0.5) is 0 Å². The third-order valence-electron chi connectivity index (χ3n) is 3.63. The fraction of sp³-hybridized carbons (Fsp3) is 0.400. The molecule has 19 heavy (non-hydrogen) atoms. The van der Waals surface area contributed by atoms with Crippen LogP contribution in [0.2, 0.25) is 0 Å². The molecule has 0 radical (unpaired) electrons. The first kappa shape index (κ1) is 12.6. The van der Waals surface area contributed by atoms with Crippen LogP contribution >= 0.6 is 11.3 Å². The van der Waals surface area contributed by atoms with E-state index in [1.807, 2.05) is 19.1 Å². The fourth-order valence-corrected chi connectivity index (χ4v) is 3.33. The molecule has 100 valence electrons. The number of para-hydroxylation sites is 1. The quantitative estimate of drug-likeness (QED) is 0.936. The number of aromatic nitrogens is 1. The van der Waals surface area contributed by atoms with Crippen LogP contribution < -0.4 is 10.5 Å². The Hall–Kier alpha value is -1.39. The van der Waals surface area contributed by atoms with Crippen molar-refractivity contribution in [3.63, 3.8) is 0 Å². The van der Waals surface area contributed by atoms with Crippen LogP contribution in [0.5, 0.6) is 5.75 Å². The Morgan fingerprint density at radius 1 is 1.47 bits per heavy atom. The molecule has 1 aromatic heterocycles. The minimum absolute atomic E-state index is 0.103. The van der Waals surface area contributed by atoms with Crippen molar-refractivity contribution >= 4 is 11.3 Å². The van der Waals surface area contributed by atoms with Gasteiger partial charge in [-0.1, -0.05) is 18.2 Å². The molecule has 1 aliphatic rings. The van der Waals surface area contributed by atoms with Gasteiger partial charge < -0.3 is 10.5 Å². The van der Waals surface area contributed by atoms with Gasteiger partial charge in [-0.25, -0.2) is 4.98 Å². The fourth-order valence-electron chi connectivity index (χ4n) is 2.70. The number of hydrogen-bond acceptors (Lipinski definition) is 4. The van der Waals surface area contributed by atoms with Crippen LogP contribution in [0.3, 0.4) is 0 Å². The van der Waals surface area contributed by atoms with Crippen LogP contribution in [0.15, 0.2) is 29.6 Å². The van der Waals surface area contributed by atoms with E-state index < -0.39 is 0 Å². The topological polar surface area (TPSA) is 48.1 Å². The summed E-state index contributed by atoms with van der Waals surface area (Å²) in [5.41, 5.74) is 8.77. The molecule has 0 spiro atoms. The smallest absolute Gasteiger partial charge is 0.122 e. The highest BCUT2D eigenvalue weighted by atomic mass is 32.1. The number of nitrogens with two attached hydrogens (primary N) is 1. The number of aryl methyl sites for hydroxylation is 1. The van der Waals surface area contributed by atoms with Gasteiger partial charge >= 0.3 is 0 Å². The predicted octanol–water partition coefficient (Wildman–Crippen LogP) is 2.89. The van der Waals surface area contributed by atoms with E-state index >= 15 is 0 Å². The largest absolute Gasteiger partial charge is 0.493 e. The Morgan fingerprint density at radius 3 is 3.11 bits per heavy atom. The van der Waals surface area contributed by atoms with Crippen molar-refractivity contribution in [2.45, 2.75) is 31.7 Å². The number of thiazole rings is 1. The molecule has 2 unspecified atom stereocenters. The maximum Gasteiger partial charge on any atom is 0.122 e. The molecule has 0 saturated heterocycles. The number of ether oxygens (including phenoxy) is 1. The van der Waals surface area contributed by atoms with Crippen molar-refractivity contribution < 1.29 is 4.74 Å². The molecule has 0 bridgehead atoms. The van der Waals surface area contributed by atoms with Gasteiger partial charge in [0.2, 0.25) is 0 Å². The molecule has 0 amide bonds. The average Bonchev–Trinajstić information content (AvgIpc) is 2.83. The molecule has 0 fully saturated rings. The summed E-state index contributed by atoms with van der Waals surface area (Å²) in [5.74, 6) is 1.36. The van der Waals surface area contributed by atoms with Gasteiger partial charge in [-0.2, -0.15) is 0 Å². The minimum atomic E-state index is 0.103. The molecule has 2 aromatic rings. The number of nitrogens with zero attached hydrogens (tertiary/aromatic N) is 1. The molecular formula is C15H18N2OS. The van der Waals surface area contributed by atoms with Gasteiger partial charge in [0.1, 0.15) is 5.75 Å². The summed E-state index contributed by atoms with van der Waals surface area (Å²) in [6, 6.07) is 8.33. The average molecular weight is 274 g/mol. The molecule has 2 atom stereocenters. The van der Waals surface area contributed by atoms with Crippen LogP contribution in [0.1, 0.15) is 28.6 Å². The second-order valence-corrected chi connectivity index (χ2v) is 6.07. The third-order valence-corrected chi connectivity index (χ3v) is 4.46. The second-order valence-electron chi connectivity index (χ2n) is 5.01. The van der Waals surface area contributed by atoms with E-state index in [0.29, 0.717) is 5.92 Å². The zero-order chi connectivity index (χ0) is 13.2. The molecule has 2 heterocycles. The summed E-state index contributed by atoms with van der Waals surface area (Å²) < 4.78 is 5.69. The maximum atomic E-state index is 6.41. The standard InChI is InChI=1S/C15H18N2OS/c1-10-17-11(9-19-10)8-14(16)12-6-7-18-15-5-3-2-4-13(12)15/h2-5,9,12,14H,6-8,16H2,1H3. The molecule has 0 aliphatic carbocycles. The molecule has 1 aromatic carbocycles.